The van der Waals surface area contributed by atoms with E-state index in [1.807, 2.05) is 22.4 Å². The normalized spacial score (nSPS) is 17.5. The fourth-order valence-electron chi connectivity index (χ4n) is 4.40. The number of amides is 2. The molecule has 2 aliphatic heterocycles. The van der Waals surface area contributed by atoms with E-state index in [0.29, 0.717) is 37.5 Å². The van der Waals surface area contributed by atoms with Crippen molar-refractivity contribution in [3.05, 3.63) is 55.6 Å². The molecule has 0 unspecified atom stereocenters. The topological polar surface area (TPSA) is 76.7 Å². The molecule has 0 spiro atoms. The van der Waals surface area contributed by atoms with Gasteiger partial charge in [-0.3, -0.25) is 14.4 Å². The van der Waals surface area contributed by atoms with E-state index < -0.39 is 0 Å². The van der Waals surface area contributed by atoms with Crippen molar-refractivity contribution in [2.45, 2.75) is 32.7 Å². The first-order chi connectivity index (χ1) is 14.6. The molecular weight excluding hydrogens is 400 g/mol. The Morgan fingerprint density at radius 2 is 1.97 bits per heavy atom. The lowest BCUT2D eigenvalue weighted by Crippen LogP contribution is -2.41. The van der Waals surface area contributed by atoms with Crippen molar-refractivity contribution in [1.82, 2.24) is 19.7 Å². The molecule has 160 valence electrons. The van der Waals surface area contributed by atoms with Gasteiger partial charge in [-0.05, 0) is 54.9 Å². The van der Waals surface area contributed by atoms with E-state index in [0.717, 1.165) is 43.6 Å². The van der Waals surface area contributed by atoms with Gasteiger partial charge in [0.25, 0.3) is 17.4 Å². The Hall–Kier alpha value is -2.45. The number of nitrogens with one attached hydrogen (secondary N) is 1. The quantitative estimate of drug-likeness (QED) is 0.810. The van der Waals surface area contributed by atoms with E-state index in [9.17, 15) is 14.4 Å². The Morgan fingerprint density at radius 1 is 1.10 bits per heavy atom. The van der Waals surface area contributed by atoms with Crippen LogP contribution < -0.4 is 5.56 Å². The van der Waals surface area contributed by atoms with Gasteiger partial charge in [0, 0.05) is 38.9 Å². The van der Waals surface area contributed by atoms with Crippen molar-refractivity contribution in [1.29, 1.82) is 0 Å². The van der Waals surface area contributed by atoms with Crippen LogP contribution in [0, 0.1) is 0 Å². The summed E-state index contributed by atoms with van der Waals surface area (Å²) in [5, 5.41) is 1.89. The molecule has 2 amide bonds. The van der Waals surface area contributed by atoms with E-state index in [2.05, 4.69) is 16.8 Å². The van der Waals surface area contributed by atoms with Crippen LogP contribution in [0.4, 0.5) is 0 Å². The zero-order valence-corrected chi connectivity index (χ0v) is 18.2. The maximum atomic E-state index is 13.3. The molecule has 0 atom stereocenters. The van der Waals surface area contributed by atoms with E-state index in [1.54, 1.807) is 11.1 Å². The SMILES string of the molecule is CCCN1CCCN(C(=O)c2c3c(c[nH]c2=O)CN(C(=O)c2cccs2)CC3)CC1. The lowest BCUT2D eigenvalue weighted by atomic mass is 9.96. The van der Waals surface area contributed by atoms with Crippen molar-refractivity contribution in [2.24, 2.45) is 0 Å². The van der Waals surface area contributed by atoms with Gasteiger partial charge in [-0.1, -0.05) is 13.0 Å². The first kappa shape index (κ1) is 20.8. The molecule has 0 bridgehead atoms. The van der Waals surface area contributed by atoms with Gasteiger partial charge in [0.05, 0.1) is 4.88 Å². The van der Waals surface area contributed by atoms with Crippen LogP contribution >= 0.6 is 11.3 Å². The fraction of sp³-hybridized carbons (Fsp3) is 0.500. The third kappa shape index (κ3) is 4.20. The van der Waals surface area contributed by atoms with Gasteiger partial charge >= 0.3 is 0 Å². The average molecular weight is 429 g/mol. The third-order valence-corrected chi connectivity index (χ3v) is 6.79. The molecule has 4 rings (SSSR count). The lowest BCUT2D eigenvalue weighted by Gasteiger charge is -2.30. The Labute approximate surface area is 180 Å². The van der Waals surface area contributed by atoms with Gasteiger partial charge in [0.15, 0.2) is 0 Å². The van der Waals surface area contributed by atoms with Crippen LogP contribution in [-0.4, -0.2) is 70.8 Å². The standard InChI is InChI=1S/C22H28N4O3S/c1-2-7-24-8-4-9-25(12-11-24)22(29)19-17-6-10-26(15-16(17)14-23-20(19)27)21(28)18-5-3-13-30-18/h3,5,13-14H,2,4,6-12,15H2,1H3,(H,23,27). The van der Waals surface area contributed by atoms with Gasteiger partial charge in [-0.2, -0.15) is 0 Å². The summed E-state index contributed by atoms with van der Waals surface area (Å²) >= 11 is 1.43. The summed E-state index contributed by atoms with van der Waals surface area (Å²) in [6, 6.07) is 3.69. The molecule has 2 aromatic rings. The highest BCUT2D eigenvalue weighted by Gasteiger charge is 2.30. The predicted molar refractivity (Wildman–Crippen MR) is 117 cm³/mol. The smallest absolute Gasteiger partial charge is 0.264 e. The molecule has 1 N–H and O–H groups in total. The van der Waals surface area contributed by atoms with Gasteiger partial charge < -0.3 is 19.7 Å². The number of thiophene rings is 1. The molecule has 0 aliphatic carbocycles. The van der Waals surface area contributed by atoms with Gasteiger partial charge in [0.2, 0.25) is 0 Å². The molecule has 2 aliphatic rings. The average Bonchev–Trinajstić information content (AvgIpc) is 3.19. The minimum absolute atomic E-state index is 0.00161. The number of H-pyrrole nitrogens is 1. The summed E-state index contributed by atoms with van der Waals surface area (Å²) in [5.41, 5.74) is 1.59. The summed E-state index contributed by atoms with van der Waals surface area (Å²) in [6.07, 6.45) is 4.20. The minimum atomic E-state index is -0.327. The highest BCUT2D eigenvalue weighted by atomic mass is 32.1. The highest BCUT2D eigenvalue weighted by Crippen LogP contribution is 2.24. The maximum absolute atomic E-state index is 13.3. The van der Waals surface area contributed by atoms with E-state index in [-0.39, 0.29) is 22.9 Å². The summed E-state index contributed by atoms with van der Waals surface area (Å²) in [4.78, 5) is 48.1. The van der Waals surface area contributed by atoms with Gasteiger partial charge in [0.1, 0.15) is 5.56 Å². The van der Waals surface area contributed by atoms with E-state index in [4.69, 9.17) is 0 Å². The molecule has 8 heteroatoms. The molecule has 0 radical (unpaired) electrons. The minimum Gasteiger partial charge on any atom is -0.337 e. The Bertz CT molecular complexity index is 969. The first-order valence-corrected chi connectivity index (χ1v) is 11.5. The van der Waals surface area contributed by atoms with Crippen LogP contribution in [0.3, 0.4) is 0 Å². The molecule has 1 fully saturated rings. The Morgan fingerprint density at radius 3 is 2.73 bits per heavy atom. The number of aromatic amines is 1. The Balaban J connectivity index is 1.54. The van der Waals surface area contributed by atoms with Crippen LogP contribution in [0.25, 0.3) is 0 Å². The van der Waals surface area contributed by atoms with Crippen molar-refractivity contribution in [3.8, 4) is 0 Å². The van der Waals surface area contributed by atoms with Crippen LogP contribution in [0.15, 0.2) is 28.5 Å². The zero-order chi connectivity index (χ0) is 21.1. The van der Waals surface area contributed by atoms with Crippen molar-refractivity contribution >= 4 is 23.2 Å². The molecule has 0 saturated carbocycles. The van der Waals surface area contributed by atoms with Gasteiger partial charge in [-0.25, -0.2) is 0 Å². The van der Waals surface area contributed by atoms with E-state index >= 15 is 0 Å². The summed E-state index contributed by atoms with van der Waals surface area (Å²) < 4.78 is 0. The van der Waals surface area contributed by atoms with Crippen LogP contribution in [0.2, 0.25) is 0 Å². The second-order valence-electron chi connectivity index (χ2n) is 7.94. The largest absolute Gasteiger partial charge is 0.337 e. The number of hydrogen-bond donors (Lipinski definition) is 1. The van der Waals surface area contributed by atoms with Crippen molar-refractivity contribution in [2.75, 3.05) is 39.3 Å². The van der Waals surface area contributed by atoms with Gasteiger partial charge in [-0.15, -0.1) is 11.3 Å². The number of rotatable bonds is 4. The highest BCUT2D eigenvalue weighted by molar-refractivity contribution is 7.12. The molecule has 7 nitrogen and oxygen atoms in total. The van der Waals surface area contributed by atoms with Crippen molar-refractivity contribution < 1.29 is 9.59 Å². The van der Waals surface area contributed by atoms with E-state index in [1.165, 1.54) is 11.3 Å². The summed E-state index contributed by atoms with van der Waals surface area (Å²) in [6.45, 7) is 7.27. The second kappa shape index (κ2) is 9.14. The summed E-state index contributed by atoms with van der Waals surface area (Å²) in [7, 11) is 0. The van der Waals surface area contributed by atoms with Crippen LogP contribution in [0.5, 0.6) is 0 Å². The number of nitrogens with zero attached hydrogens (tertiary/aromatic N) is 3. The third-order valence-electron chi connectivity index (χ3n) is 5.94. The number of pyridine rings is 1. The van der Waals surface area contributed by atoms with Crippen LogP contribution in [-0.2, 0) is 13.0 Å². The number of hydrogen-bond acceptors (Lipinski definition) is 5. The molecule has 4 heterocycles. The molecular formula is C22H28N4O3S. The Kier molecular flexibility index (Phi) is 6.34. The second-order valence-corrected chi connectivity index (χ2v) is 8.89. The molecule has 30 heavy (non-hydrogen) atoms. The fourth-order valence-corrected chi connectivity index (χ4v) is 5.09. The summed E-state index contributed by atoms with van der Waals surface area (Å²) in [5.74, 6) is -0.178. The van der Waals surface area contributed by atoms with Crippen LogP contribution in [0.1, 0.15) is 50.9 Å². The molecule has 2 aromatic heterocycles. The molecule has 1 saturated heterocycles. The predicted octanol–water partition coefficient (Wildman–Crippen LogP) is 2.19. The number of carbonyl (C=O) groups is 2. The zero-order valence-electron chi connectivity index (χ0n) is 17.4. The number of carbonyl (C=O) groups excluding carboxylic acids is 2. The van der Waals surface area contributed by atoms with Crippen molar-refractivity contribution in [3.63, 3.8) is 0 Å². The maximum Gasteiger partial charge on any atom is 0.264 e. The first-order valence-electron chi connectivity index (χ1n) is 10.7. The lowest BCUT2D eigenvalue weighted by molar-refractivity contribution is 0.0736. The number of fused-ring (bicyclic) bond motifs is 1. The monoisotopic (exact) mass is 428 g/mol. The number of aromatic nitrogens is 1. The molecule has 0 aromatic carbocycles.